The number of fused-ring (bicyclic) bond motifs is 3. The first-order valence-electron chi connectivity index (χ1n) is 19.2. The van der Waals surface area contributed by atoms with Crippen molar-refractivity contribution in [1.82, 2.24) is 14.4 Å². The fraction of sp³-hybridized carbons (Fsp3) is 0.208. The number of unbranched alkanes of at least 4 members (excludes halogenated alkanes) is 1. The Morgan fingerprint density at radius 1 is 0.589 bits per heavy atom. The van der Waals surface area contributed by atoms with Crippen molar-refractivity contribution in [2.24, 2.45) is 0 Å². The third kappa shape index (κ3) is 7.95. The quantitative estimate of drug-likeness (QED) is 0.101. The van der Waals surface area contributed by atoms with Crippen LogP contribution >= 0.6 is 0 Å². The van der Waals surface area contributed by atoms with Crippen LogP contribution in [0.4, 0.5) is 34.1 Å². The monoisotopic (exact) mass is 913 g/mol. The number of hydrogen-bond donors (Lipinski definition) is 0. The molecule has 0 aliphatic carbocycles. The van der Waals surface area contributed by atoms with E-state index in [0.29, 0.717) is 11.8 Å². The summed E-state index contributed by atoms with van der Waals surface area (Å²) >= 11 is 0. The SMILES string of the molecule is CC(C)c1nc2c(-c3[c-]cccc3)nccn2c1C(C)C.[Ir].[c-]1ccccc1N1[CH-]N(CCCCN2[CH-]N(c3[c-]cccc3)c3ccccc32)c2ccccc21. The fourth-order valence-electron chi connectivity index (χ4n) is 7.46. The second kappa shape index (κ2) is 17.6. The molecule has 7 nitrogen and oxygen atoms in total. The fourth-order valence-corrected chi connectivity index (χ4v) is 7.46. The summed E-state index contributed by atoms with van der Waals surface area (Å²) < 4.78 is 2.18. The van der Waals surface area contributed by atoms with Gasteiger partial charge in [0.25, 0.3) is 0 Å². The van der Waals surface area contributed by atoms with Crippen molar-refractivity contribution >= 4 is 39.8 Å². The van der Waals surface area contributed by atoms with Crippen molar-refractivity contribution in [2.75, 3.05) is 32.7 Å². The van der Waals surface area contributed by atoms with E-state index < -0.39 is 0 Å². The van der Waals surface area contributed by atoms with E-state index in [1.165, 1.54) is 28.4 Å². The summed E-state index contributed by atoms with van der Waals surface area (Å²) in [5.74, 6) is 0.822. The molecule has 2 aliphatic rings. The zero-order valence-electron chi connectivity index (χ0n) is 32.3. The Hall–Kier alpha value is -5.43. The number of imidazole rings is 1. The Morgan fingerprint density at radius 3 is 1.55 bits per heavy atom. The molecule has 0 saturated carbocycles. The number of anilines is 6. The van der Waals surface area contributed by atoms with E-state index in [9.17, 15) is 0 Å². The van der Waals surface area contributed by atoms with Gasteiger partial charge in [-0.3, -0.25) is 4.98 Å². The van der Waals surface area contributed by atoms with Crippen LogP contribution < -0.4 is 19.6 Å². The molecule has 0 bridgehead atoms. The van der Waals surface area contributed by atoms with E-state index in [1.54, 1.807) is 0 Å². The van der Waals surface area contributed by atoms with Crippen LogP contribution in [0.2, 0.25) is 0 Å². The first-order chi connectivity index (χ1) is 27.0. The van der Waals surface area contributed by atoms with Gasteiger partial charge >= 0.3 is 0 Å². The number of benzene rings is 5. The summed E-state index contributed by atoms with van der Waals surface area (Å²) in [7, 11) is 0. The van der Waals surface area contributed by atoms with Crippen molar-refractivity contribution < 1.29 is 20.1 Å². The smallest absolute Gasteiger partial charge is 0.120 e. The largest absolute Gasteiger partial charge is 0.501 e. The predicted octanol–water partition coefficient (Wildman–Crippen LogP) is 11.4. The number of nitrogens with zero attached hydrogens (tertiary/aromatic N) is 7. The van der Waals surface area contributed by atoms with Crippen LogP contribution in [0.15, 0.2) is 134 Å². The summed E-state index contributed by atoms with van der Waals surface area (Å²) in [5.41, 5.74) is 12.3. The van der Waals surface area contributed by atoms with E-state index in [0.717, 1.165) is 59.9 Å². The van der Waals surface area contributed by atoms with E-state index in [1.807, 2.05) is 60.9 Å². The van der Waals surface area contributed by atoms with Gasteiger partial charge < -0.3 is 24.0 Å². The van der Waals surface area contributed by atoms with Crippen LogP contribution in [-0.2, 0) is 20.1 Å². The third-order valence-electron chi connectivity index (χ3n) is 10.0. The predicted molar refractivity (Wildman–Crippen MR) is 226 cm³/mol. The van der Waals surface area contributed by atoms with Crippen molar-refractivity contribution in [3.05, 3.63) is 177 Å². The van der Waals surface area contributed by atoms with Gasteiger partial charge in [-0.2, -0.15) is 74.0 Å². The molecular weight excluding hydrogens is 867 g/mol. The van der Waals surface area contributed by atoms with Crippen LogP contribution in [0.25, 0.3) is 16.9 Å². The maximum absolute atomic E-state index is 4.89. The molecule has 2 aliphatic heterocycles. The molecule has 8 heteroatoms. The second-order valence-electron chi connectivity index (χ2n) is 14.5. The summed E-state index contributed by atoms with van der Waals surface area (Å²) in [6, 6.07) is 51.3. The van der Waals surface area contributed by atoms with Crippen molar-refractivity contribution in [2.45, 2.75) is 52.4 Å². The molecule has 1 radical (unpaired) electrons. The molecule has 0 unspecified atom stereocenters. The molecule has 0 saturated heterocycles. The zero-order valence-corrected chi connectivity index (χ0v) is 34.7. The molecule has 4 heterocycles. The van der Waals surface area contributed by atoms with Crippen LogP contribution in [0.3, 0.4) is 0 Å². The Balaban J connectivity index is 0.000000188. The molecule has 5 aromatic carbocycles. The van der Waals surface area contributed by atoms with Gasteiger partial charge in [-0.05, 0) is 62.0 Å². The zero-order chi connectivity index (χ0) is 37.7. The topological polar surface area (TPSA) is 43.2 Å². The number of hydrogen-bond acceptors (Lipinski definition) is 6. The average Bonchev–Trinajstić information content (AvgIpc) is 3.93. The van der Waals surface area contributed by atoms with E-state index in [4.69, 9.17) is 4.98 Å². The van der Waals surface area contributed by atoms with E-state index in [-0.39, 0.29) is 20.1 Å². The Morgan fingerprint density at radius 2 is 1.09 bits per heavy atom. The molecule has 0 N–H and O–H groups in total. The maximum atomic E-state index is 4.89. The van der Waals surface area contributed by atoms with Crippen LogP contribution in [0, 0.1) is 31.5 Å². The van der Waals surface area contributed by atoms with E-state index in [2.05, 4.69) is 161 Å². The second-order valence-corrected chi connectivity index (χ2v) is 14.5. The molecular formula is C48H46IrN7-5. The summed E-state index contributed by atoms with van der Waals surface area (Å²) in [4.78, 5) is 18.6. The Bertz CT molecular complexity index is 2230. The summed E-state index contributed by atoms with van der Waals surface area (Å²) in [6.07, 6.45) is 6.05. The van der Waals surface area contributed by atoms with Gasteiger partial charge in [0.2, 0.25) is 0 Å². The first-order valence-corrected chi connectivity index (χ1v) is 19.2. The maximum Gasteiger partial charge on any atom is 0.120 e. The van der Waals surface area contributed by atoms with Crippen LogP contribution in [0.5, 0.6) is 0 Å². The van der Waals surface area contributed by atoms with E-state index >= 15 is 0 Å². The van der Waals surface area contributed by atoms with Crippen LogP contribution in [0.1, 0.15) is 63.8 Å². The normalized spacial score (nSPS) is 13.2. The summed E-state index contributed by atoms with van der Waals surface area (Å²) in [5, 5.41) is 0. The van der Waals surface area contributed by atoms with Crippen LogP contribution in [-0.4, -0.2) is 27.5 Å². The molecule has 7 aromatic rings. The molecule has 287 valence electrons. The first kappa shape index (κ1) is 38.8. The molecule has 2 aromatic heterocycles. The van der Waals surface area contributed by atoms with Gasteiger partial charge in [0.05, 0.1) is 5.69 Å². The minimum Gasteiger partial charge on any atom is -0.501 e. The minimum atomic E-state index is 0. The van der Waals surface area contributed by atoms with Gasteiger partial charge in [-0.15, -0.1) is 47.3 Å². The number of para-hydroxylation sites is 6. The molecule has 0 atom stereocenters. The molecule has 56 heavy (non-hydrogen) atoms. The van der Waals surface area contributed by atoms with Gasteiger partial charge in [-0.1, -0.05) is 52.0 Å². The van der Waals surface area contributed by atoms with Gasteiger partial charge in [0.15, 0.2) is 0 Å². The standard InChI is InChI=1S/C30H26N4.C18H20N3.Ir/c1-3-13-25(14-4-1)33-23-31(27-17-7-9-19-29(27)33)21-11-12-22-32-24-34(26-15-5-2-6-16-26)30-20-10-8-18-28(30)32;1-12(2)15-17(13(3)4)21-11-10-19-16(18(21)20-15)14-8-6-5-7-9-14;/h1-10,13,15,17-20,23-24H,11-12,21-22H2;5-8,10-13H,1-4H3;/q-4;-1;. The summed E-state index contributed by atoms with van der Waals surface area (Å²) in [6.45, 7) is 15.2. The Kier molecular flexibility index (Phi) is 12.2. The van der Waals surface area contributed by atoms with Crippen molar-refractivity contribution in [3.8, 4) is 11.3 Å². The Labute approximate surface area is 345 Å². The minimum absolute atomic E-state index is 0. The molecule has 0 amide bonds. The van der Waals surface area contributed by atoms with Crippen molar-refractivity contribution in [1.29, 1.82) is 0 Å². The van der Waals surface area contributed by atoms with Gasteiger partial charge in [0.1, 0.15) is 5.65 Å². The molecule has 0 fully saturated rings. The van der Waals surface area contributed by atoms with Crippen molar-refractivity contribution in [3.63, 3.8) is 0 Å². The molecule has 9 rings (SSSR count). The molecule has 0 spiro atoms. The average molecular weight is 913 g/mol. The third-order valence-corrected chi connectivity index (χ3v) is 10.0. The van der Waals surface area contributed by atoms with Gasteiger partial charge in [0, 0.05) is 66.6 Å². The van der Waals surface area contributed by atoms with Gasteiger partial charge in [-0.25, -0.2) is 4.98 Å². The number of rotatable bonds is 10. The number of aromatic nitrogens is 3.